The van der Waals surface area contributed by atoms with E-state index in [1.54, 1.807) is 0 Å². The first kappa shape index (κ1) is 10.5. The molecule has 0 aromatic carbocycles. The number of rotatable bonds is 2. The van der Waals surface area contributed by atoms with Crippen molar-refractivity contribution in [3.63, 3.8) is 0 Å². The highest BCUT2D eigenvalue weighted by atomic mass is 16.1. The molecule has 1 aliphatic carbocycles. The molecule has 0 fully saturated rings. The summed E-state index contributed by atoms with van der Waals surface area (Å²) in [6, 6.07) is -0.775. The summed E-state index contributed by atoms with van der Waals surface area (Å²) >= 11 is 0. The second kappa shape index (κ2) is 4.06. The van der Waals surface area contributed by atoms with Crippen LogP contribution in [-0.4, -0.2) is 17.6 Å². The van der Waals surface area contributed by atoms with E-state index in [4.69, 9.17) is 17.2 Å². The Bertz CT molecular complexity index is 316. The lowest BCUT2D eigenvalue weighted by atomic mass is 9.85. The summed E-state index contributed by atoms with van der Waals surface area (Å²) in [6.45, 7) is 0. The Morgan fingerprint density at radius 2 is 1.86 bits per heavy atom. The molecule has 0 bridgehead atoms. The number of allylic oxidation sites excluding steroid dienone is 2. The minimum atomic E-state index is -0.775. The van der Waals surface area contributed by atoms with Crippen LogP contribution in [0.2, 0.25) is 0 Å². The van der Waals surface area contributed by atoms with Crippen LogP contribution in [0.1, 0.15) is 6.42 Å². The van der Waals surface area contributed by atoms with Gasteiger partial charge < -0.3 is 17.2 Å². The van der Waals surface area contributed by atoms with Gasteiger partial charge in [-0.2, -0.15) is 0 Å². The summed E-state index contributed by atoms with van der Waals surface area (Å²) < 4.78 is 0. The van der Waals surface area contributed by atoms with Gasteiger partial charge in [-0.25, -0.2) is 0 Å². The van der Waals surface area contributed by atoms with Crippen molar-refractivity contribution in [1.29, 1.82) is 0 Å². The van der Waals surface area contributed by atoms with E-state index in [2.05, 4.69) is 0 Å². The molecule has 0 saturated carbocycles. The molecule has 0 spiro atoms. The largest absolute Gasteiger partial charge is 0.386 e. The van der Waals surface area contributed by atoms with Crippen molar-refractivity contribution < 1.29 is 9.59 Å². The Hall–Kier alpha value is -1.62. The van der Waals surface area contributed by atoms with Crippen molar-refractivity contribution in [3.05, 3.63) is 24.0 Å². The number of nitrogens with two attached hydrogens (primary N) is 3. The molecule has 0 aromatic rings. The van der Waals surface area contributed by atoms with E-state index in [0.29, 0.717) is 6.42 Å². The van der Waals surface area contributed by atoms with Crippen molar-refractivity contribution in [3.8, 4) is 0 Å². The first-order valence-electron chi connectivity index (χ1n) is 4.25. The summed E-state index contributed by atoms with van der Waals surface area (Å²) in [5.74, 6) is -0.796. The predicted molar refractivity (Wildman–Crippen MR) is 51.7 cm³/mol. The SMILES string of the molecule is NC(N)=CCC1C(=O)C=CC(=O)C1N. The summed E-state index contributed by atoms with van der Waals surface area (Å²) in [5, 5.41) is 0. The number of hydrogen-bond acceptors (Lipinski definition) is 5. The molecule has 5 nitrogen and oxygen atoms in total. The Labute approximate surface area is 81.6 Å². The second-order valence-electron chi connectivity index (χ2n) is 3.21. The molecule has 76 valence electrons. The lowest BCUT2D eigenvalue weighted by Crippen LogP contribution is -2.43. The van der Waals surface area contributed by atoms with E-state index in [0.717, 1.165) is 0 Å². The minimum Gasteiger partial charge on any atom is -0.386 e. The van der Waals surface area contributed by atoms with Gasteiger partial charge in [-0.15, -0.1) is 0 Å². The summed E-state index contributed by atoms with van der Waals surface area (Å²) in [7, 11) is 0. The van der Waals surface area contributed by atoms with Crippen LogP contribution in [0, 0.1) is 5.92 Å². The molecule has 14 heavy (non-hydrogen) atoms. The Balaban J connectivity index is 2.77. The number of hydrogen-bond donors (Lipinski definition) is 3. The Morgan fingerprint density at radius 3 is 2.43 bits per heavy atom. The van der Waals surface area contributed by atoms with Crippen LogP contribution in [-0.2, 0) is 9.59 Å². The lowest BCUT2D eigenvalue weighted by Gasteiger charge is -2.21. The normalized spacial score (nSPS) is 26.4. The third-order valence-electron chi connectivity index (χ3n) is 2.15. The van der Waals surface area contributed by atoms with Crippen LogP contribution < -0.4 is 17.2 Å². The fourth-order valence-corrected chi connectivity index (χ4v) is 1.30. The van der Waals surface area contributed by atoms with E-state index in [1.165, 1.54) is 18.2 Å². The lowest BCUT2D eigenvalue weighted by molar-refractivity contribution is -0.125. The maximum Gasteiger partial charge on any atom is 0.173 e. The number of carbonyl (C=O) groups is 2. The third kappa shape index (κ3) is 2.20. The van der Waals surface area contributed by atoms with Crippen LogP contribution >= 0.6 is 0 Å². The zero-order chi connectivity index (χ0) is 10.7. The smallest absolute Gasteiger partial charge is 0.173 e. The van der Waals surface area contributed by atoms with E-state index >= 15 is 0 Å². The van der Waals surface area contributed by atoms with E-state index in [1.807, 2.05) is 0 Å². The molecule has 2 atom stereocenters. The van der Waals surface area contributed by atoms with Crippen LogP contribution in [0.25, 0.3) is 0 Å². The van der Waals surface area contributed by atoms with E-state index < -0.39 is 12.0 Å². The van der Waals surface area contributed by atoms with Gasteiger partial charge in [0, 0.05) is 5.92 Å². The molecule has 0 heterocycles. The fraction of sp³-hybridized carbons (Fsp3) is 0.333. The molecule has 1 rings (SSSR count). The van der Waals surface area contributed by atoms with Crippen LogP contribution in [0.15, 0.2) is 24.0 Å². The average molecular weight is 195 g/mol. The van der Waals surface area contributed by atoms with Gasteiger partial charge in [0.05, 0.1) is 11.9 Å². The molecule has 0 saturated heterocycles. The van der Waals surface area contributed by atoms with Gasteiger partial charge in [-0.1, -0.05) is 0 Å². The molecule has 0 aromatic heterocycles. The van der Waals surface area contributed by atoms with Gasteiger partial charge >= 0.3 is 0 Å². The zero-order valence-corrected chi connectivity index (χ0v) is 7.64. The minimum absolute atomic E-state index is 0.131. The highest BCUT2D eigenvalue weighted by molar-refractivity contribution is 6.08. The van der Waals surface area contributed by atoms with Crippen LogP contribution in [0.3, 0.4) is 0 Å². The van der Waals surface area contributed by atoms with Gasteiger partial charge in [0.2, 0.25) is 0 Å². The highest BCUT2D eigenvalue weighted by Crippen LogP contribution is 2.16. The maximum atomic E-state index is 11.3. The summed E-state index contributed by atoms with van der Waals surface area (Å²) in [6.07, 6.45) is 4.25. The van der Waals surface area contributed by atoms with Crippen LogP contribution in [0.5, 0.6) is 0 Å². The second-order valence-corrected chi connectivity index (χ2v) is 3.21. The van der Waals surface area contributed by atoms with Crippen molar-refractivity contribution >= 4 is 11.6 Å². The van der Waals surface area contributed by atoms with Gasteiger partial charge in [-0.05, 0) is 24.6 Å². The molecule has 1 aliphatic rings. The third-order valence-corrected chi connectivity index (χ3v) is 2.15. The van der Waals surface area contributed by atoms with Crippen molar-refractivity contribution in [2.75, 3.05) is 0 Å². The first-order valence-corrected chi connectivity index (χ1v) is 4.25. The Kier molecular flexibility index (Phi) is 3.03. The first-order chi connectivity index (χ1) is 6.52. The predicted octanol–water partition coefficient (Wildman–Crippen LogP) is -1.21. The highest BCUT2D eigenvalue weighted by Gasteiger charge is 2.30. The number of ketones is 2. The van der Waals surface area contributed by atoms with Crippen molar-refractivity contribution in [2.24, 2.45) is 23.1 Å². The van der Waals surface area contributed by atoms with Gasteiger partial charge in [0.15, 0.2) is 11.6 Å². The molecule has 6 N–H and O–H groups in total. The monoisotopic (exact) mass is 195 g/mol. The van der Waals surface area contributed by atoms with Gasteiger partial charge in [-0.3, -0.25) is 9.59 Å². The van der Waals surface area contributed by atoms with E-state index in [9.17, 15) is 9.59 Å². The summed E-state index contributed by atoms with van der Waals surface area (Å²) in [5.41, 5.74) is 16.0. The maximum absolute atomic E-state index is 11.3. The molecule has 0 amide bonds. The molecule has 2 unspecified atom stereocenters. The molecule has 0 radical (unpaired) electrons. The average Bonchev–Trinajstić information content (AvgIpc) is 2.11. The topological polar surface area (TPSA) is 112 Å². The quantitative estimate of drug-likeness (QED) is 0.511. The van der Waals surface area contributed by atoms with Gasteiger partial charge in [0.25, 0.3) is 0 Å². The van der Waals surface area contributed by atoms with Crippen molar-refractivity contribution in [1.82, 2.24) is 0 Å². The number of carbonyl (C=O) groups excluding carboxylic acids is 2. The summed E-state index contributed by atoms with van der Waals surface area (Å²) in [4.78, 5) is 22.5. The molecule has 5 heteroatoms. The van der Waals surface area contributed by atoms with Crippen LogP contribution in [0.4, 0.5) is 0 Å². The fourth-order valence-electron chi connectivity index (χ4n) is 1.30. The Morgan fingerprint density at radius 1 is 1.29 bits per heavy atom. The van der Waals surface area contributed by atoms with Gasteiger partial charge in [0.1, 0.15) is 0 Å². The molecular weight excluding hydrogens is 182 g/mol. The van der Waals surface area contributed by atoms with E-state index in [-0.39, 0.29) is 17.4 Å². The zero-order valence-electron chi connectivity index (χ0n) is 7.64. The molecule has 0 aliphatic heterocycles. The molecular formula is C9H13N3O2. The van der Waals surface area contributed by atoms with Crippen molar-refractivity contribution in [2.45, 2.75) is 12.5 Å². The standard InChI is InChI=1S/C9H13N3O2/c10-8(11)4-1-5-6(13)2-3-7(14)9(5)12/h2-5,9H,1,10-12H2.